The third kappa shape index (κ3) is 8.55. The molecule has 2 aliphatic rings. The monoisotopic (exact) mass is 1080 g/mol. The lowest BCUT2D eigenvalue weighted by molar-refractivity contribution is 0.660. The first-order valence-electron chi connectivity index (χ1n) is 29.5. The van der Waals surface area contributed by atoms with Crippen LogP contribution in [0.2, 0.25) is 0 Å². The third-order valence-electron chi connectivity index (χ3n) is 18.3. The van der Waals surface area contributed by atoms with Gasteiger partial charge < -0.3 is 9.80 Å². The number of hydrogen-bond donors (Lipinski definition) is 0. The van der Waals surface area contributed by atoms with E-state index in [1.165, 1.54) is 132 Å². The van der Waals surface area contributed by atoms with E-state index in [0.717, 1.165) is 22.7 Å². The predicted molar refractivity (Wildman–Crippen MR) is 361 cm³/mol. The number of fused-ring (bicyclic) bond motifs is 12. The van der Waals surface area contributed by atoms with Crippen LogP contribution < -0.4 is 9.80 Å². The van der Waals surface area contributed by atoms with Gasteiger partial charge in [0.15, 0.2) is 0 Å². The van der Waals surface area contributed by atoms with Gasteiger partial charge in [0.2, 0.25) is 0 Å². The van der Waals surface area contributed by atoms with Crippen molar-refractivity contribution in [3.05, 3.63) is 310 Å². The number of anilines is 6. The second-order valence-electron chi connectivity index (χ2n) is 24.3. The normalized spacial score (nSPS) is 13.7. The van der Waals surface area contributed by atoms with Gasteiger partial charge in [-0.1, -0.05) is 246 Å². The molecule has 0 N–H and O–H groups in total. The van der Waals surface area contributed by atoms with Gasteiger partial charge in [-0.15, -0.1) is 0 Å². The number of benzene rings is 13. The van der Waals surface area contributed by atoms with Crippen molar-refractivity contribution in [3.63, 3.8) is 0 Å². The van der Waals surface area contributed by atoms with Crippen LogP contribution in [0.5, 0.6) is 0 Å². The largest absolute Gasteiger partial charge is 0.310 e. The first-order valence-corrected chi connectivity index (χ1v) is 29.5. The second kappa shape index (κ2) is 19.9. The van der Waals surface area contributed by atoms with E-state index in [1.807, 2.05) is 0 Å². The molecule has 0 fully saturated rings. The summed E-state index contributed by atoms with van der Waals surface area (Å²) in [6.45, 7) is 13.9. The van der Waals surface area contributed by atoms with Crippen LogP contribution in [-0.2, 0) is 10.8 Å². The Bertz CT molecular complexity index is 4570. The summed E-state index contributed by atoms with van der Waals surface area (Å²) in [5.41, 5.74) is 24.4. The first-order chi connectivity index (χ1) is 40.9. The standard InChI is InChI=1S/C82H64N2/c1-53-17-15-21-61(45-53)83(79-49-59-19-7-9-23-65(59)67-25-11-13-27-73(67)79)63-39-43-71-69-41-37-57(47-75(69)81(3,4)77(71)51-63)35-33-55-29-31-56(32-30-55)34-36-58-38-42-70-72-44-40-64(52-78(72)82(5,6)76(70)48-58)84(62-22-16-18-54(2)46-62)80-50-60-20-8-10-24-66(60)68-26-12-14-28-74(68)80/h7-52H,1-6H3/b35-33+,36-34+. The van der Waals surface area contributed by atoms with E-state index in [0.29, 0.717) is 0 Å². The maximum absolute atomic E-state index is 2.47. The molecule has 15 rings (SSSR count). The maximum Gasteiger partial charge on any atom is 0.0546 e. The summed E-state index contributed by atoms with van der Waals surface area (Å²) in [6.07, 6.45) is 9.01. The van der Waals surface area contributed by atoms with Gasteiger partial charge in [0.1, 0.15) is 0 Å². The SMILES string of the molecule is Cc1cccc(N(c2ccc3c(c2)C(C)(C)c2cc(/C=C/c4ccc(/C=C/c5ccc6c(c5)C(C)(C)c5cc(N(c7cccc(C)c7)c7cc8ccccc8c8ccccc78)ccc5-6)cc4)ccc2-3)c2cc3ccccc3c3ccccc23)c1. The highest BCUT2D eigenvalue weighted by molar-refractivity contribution is 6.16. The Balaban J connectivity index is 0.678. The summed E-state index contributed by atoms with van der Waals surface area (Å²) in [7, 11) is 0. The molecule has 0 heterocycles. The molecular formula is C82H64N2. The Morgan fingerprint density at radius 1 is 0.262 bits per heavy atom. The van der Waals surface area contributed by atoms with Crippen molar-refractivity contribution in [1.29, 1.82) is 0 Å². The van der Waals surface area contributed by atoms with Crippen molar-refractivity contribution in [2.75, 3.05) is 9.80 Å². The Morgan fingerprint density at radius 3 is 0.988 bits per heavy atom. The van der Waals surface area contributed by atoms with Crippen molar-refractivity contribution in [1.82, 2.24) is 0 Å². The van der Waals surface area contributed by atoms with E-state index >= 15 is 0 Å². The number of nitrogens with zero attached hydrogens (tertiary/aromatic N) is 2. The smallest absolute Gasteiger partial charge is 0.0546 e. The summed E-state index contributed by atoms with van der Waals surface area (Å²) in [5, 5.41) is 10.0. The van der Waals surface area contributed by atoms with Crippen LogP contribution in [0, 0.1) is 13.8 Å². The zero-order valence-corrected chi connectivity index (χ0v) is 48.5. The van der Waals surface area contributed by atoms with Gasteiger partial charge >= 0.3 is 0 Å². The molecule has 0 radical (unpaired) electrons. The molecular weight excluding hydrogens is 1010 g/mol. The van der Waals surface area contributed by atoms with Crippen molar-refractivity contribution in [3.8, 4) is 22.3 Å². The summed E-state index contributed by atoms with van der Waals surface area (Å²) in [6, 6.07) is 94.9. The van der Waals surface area contributed by atoms with Crippen LogP contribution in [-0.4, -0.2) is 0 Å². The molecule has 84 heavy (non-hydrogen) atoms. The lowest BCUT2D eigenvalue weighted by atomic mass is 9.81. The molecule has 13 aromatic rings. The molecule has 0 unspecified atom stereocenters. The highest BCUT2D eigenvalue weighted by Crippen LogP contribution is 2.54. The second-order valence-corrected chi connectivity index (χ2v) is 24.3. The van der Waals surface area contributed by atoms with Gasteiger partial charge in [0.05, 0.1) is 11.4 Å². The maximum atomic E-state index is 2.47. The van der Waals surface area contributed by atoms with Crippen molar-refractivity contribution in [2.45, 2.75) is 52.4 Å². The lowest BCUT2D eigenvalue weighted by Gasteiger charge is -2.29. The molecule has 0 saturated carbocycles. The Morgan fingerprint density at radius 2 is 0.583 bits per heavy atom. The molecule has 0 spiro atoms. The molecule has 13 aromatic carbocycles. The van der Waals surface area contributed by atoms with E-state index < -0.39 is 0 Å². The van der Waals surface area contributed by atoms with Crippen LogP contribution in [0.4, 0.5) is 34.1 Å². The minimum absolute atomic E-state index is 0.205. The average Bonchev–Trinajstić information content (AvgIpc) is 2.67. The quantitative estimate of drug-likeness (QED) is 0.0995. The fourth-order valence-corrected chi connectivity index (χ4v) is 13.9. The van der Waals surface area contributed by atoms with Crippen molar-refractivity contribution >= 4 is 102 Å². The topological polar surface area (TPSA) is 6.48 Å². The first kappa shape index (κ1) is 50.9. The lowest BCUT2D eigenvalue weighted by Crippen LogP contribution is -2.17. The van der Waals surface area contributed by atoms with Gasteiger partial charge in [0.25, 0.3) is 0 Å². The minimum atomic E-state index is -0.205. The van der Waals surface area contributed by atoms with Gasteiger partial charge in [0, 0.05) is 44.4 Å². The summed E-state index contributed by atoms with van der Waals surface area (Å²) < 4.78 is 0. The van der Waals surface area contributed by atoms with Crippen LogP contribution >= 0.6 is 0 Å². The Labute approximate surface area is 493 Å². The van der Waals surface area contributed by atoms with E-state index in [2.05, 4.69) is 330 Å². The zero-order chi connectivity index (χ0) is 56.8. The van der Waals surface area contributed by atoms with Crippen LogP contribution in [0.25, 0.3) is 89.6 Å². The number of hydrogen-bond acceptors (Lipinski definition) is 2. The van der Waals surface area contributed by atoms with Gasteiger partial charge in [-0.25, -0.2) is 0 Å². The van der Waals surface area contributed by atoms with E-state index in [1.54, 1.807) is 0 Å². The molecule has 0 saturated heterocycles. The fraction of sp³-hybridized carbons (Fsp3) is 0.0976. The van der Waals surface area contributed by atoms with E-state index in [9.17, 15) is 0 Å². The Hall–Kier alpha value is -10.0. The summed E-state index contributed by atoms with van der Waals surface area (Å²) in [4.78, 5) is 4.93. The molecule has 0 aromatic heterocycles. The zero-order valence-electron chi connectivity index (χ0n) is 48.5. The number of aryl methyl sites for hydroxylation is 2. The van der Waals surface area contributed by atoms with Crippen LogP contribution in [0.15, 0.2) is 255 Å². The molecule has 0 atom stereocenters. The average molecular weight is 1080 g/mol. The number of rotatable bonds is 10. The van der Waals surface area contributed by atoms with E-state index in [4.69, 9.17) is 0 Å². The molecule has 2 nitrogen and oxygen atoms in total. The predicted octanol–water partition coefficient (Wildman–Crippen LogP) is 22.8. The van der Waals surface area contributed by atoms with Crippen LogP contribution in [0.1, 0.15) is 83.3 Å². The molecule has 2 heteroatoms. The molecule has 2 aliphatic carbocycles. The third-order valence-corrected chi connectivity index (χ3v) is 18.3. The highest BCUT2D eigenvalue weighted by atomic mass is 15.1. The van der Waals surface area contributed by atoms with Gasteiger partial charge in [-0.05, 0) is 185 Å². The van der Waals surface area contributed by atoms with E-state index in [-0.39, 0.29) is 10.8 Å². The van der Waals surface area contributed by atoms with Crippen molar-refractivity contribution in [2.24, 2.45) is 0 Å². The fourth-order valence-electron chi connectivity index (χ4n) is 13.9. The van der Waals surface area contributed by atoms with Crippen LogP contribution in [0.3, 0.4) is 0 Å². The van der Waals surface area contributed by atoms with Gasteiger partial charge in [-0.3, -0.25) is 0 Å². The molecule has 0 bridgehead atoms. The van der Waals surface area contributed by atoms with Gasteiger partial charge in [-0.2, -0.15) is 0 Å². The van der Waals surface area contributed by atoms with Crippen molar-refractivity contribution < 1.29 is 0 Å². The molecule has 0 aliphatic heterocycles. The summed E-state index contributed by atoms with van der Waals surface area (Å²) in [5.74, 6) is 0. The molecule has 0 amide bonds. The molecule has 402 valence electrons. The highest BCUT2D eigenvalue weighted by Gasteiger charge is 2.38. The minimum Gasteiger partial charge on any atom is -0.310 e. The Kier molecular flexibility index (Phi) is 12.0. The summed E-state index contributed by atoms with van der Waals surface area (Å²) >= 11 is 0.